The molecule has 3 aromatic rings. The van der Waals surface area contributed by atoms with Crippen LogP contribution in [0, 0.1) is 0 Å². The van der Waals surface area contributed by atoms with E-state index in [4.69, 9.17) is 10.7 Å². The number of aryl methyl sites for hydroxylation is 1. The molecule has 0 amide bonds. The van der Waals surface area contributed by atoms with Crippen molar-refractivity contribution in [3.05, 3.63) is 65.0 Å². The molecule has 2 N–H and O–H groups in total. The van der Waals surface area contributed by atoms with Gasteiger partial charge >= 0.3 is 0 Å². The van der Waals surface area contributed by atoms with E-state index in [2.05, 4.69) is 29.6 Å². The van der Waals surface area contributed by atoms with Crippen LogP contribution in [0.3, 0.4) is 0 Å². The Bertz CT molecular complexity index is 708. The van der Waals surface area contributed by atoms with Crippen molar-refractivity contribution in [3.8, 4) is 11.3 Å². The average Bonchev–Trinajstić information content (AvgIpc) is 2.97. The molecule has 4 heteroatoms. The van der Waals surface area contributed by atoms with Gasteiger partial charge in [-0.05, 0) is 24.3 Å². The summed E-state index contributed by atoms with van der Waals surface area (Å²) in [5, 5.41) is 3.29. The summed E-state index contributed by atoms with van der Waals surface area (Å²) in [6.45, 7) is 0. The topological polar surface area (TPSA) is 38.9 Å². The summed E-state index contributed by atoms with van der Waals surface area (Å²) in [5.74, 6) is 1.05. The normalized spacial score (nSPS) is 10.7. The number of aromatic nitrogens is 1. The number of rotatable bonds is 5. The second-order valence-electron chi connectivity index (χ2n) is 4.66. The monoisotopic (exact) mass is 312 g/mol. The lowest BCUT2D eigenvalue weighted by atomic mass is 10.1. The van der Waals surface area contributed by atoms with Crippen LogP contribution in [0.15, 0.2) is 64.9 Å². The molecule has 0 aliphatic rings. The molecule has 0 atom stereocenters. The third-order valence-corrected chi connectivity index (χ3v) is 4.98. The number of thiazole rings is 1. The van der Waals surface area contributed by atoms with Gasteiger partial charge in [0.15, 0.2) is 0 Å². The van der Waals surface area contributed by atoms with Gasteiger partial charge in [-0.15, -0.1) is 23.1 Å². The predicted octanol–water partition coefficient (Wildman–Crippen LogP) is 4.73. The van der Waals surface area contributed by atoms with E-state index in [0.717, 1.165) is 29.1 Å². The Hall–Kier alpha value is -1.78. The van der Waals surface area contributed by atoms with Crippen molar-refractivity contribution in [2.45, 2.75) is 11.3 Å². The van der Waals surface area contributed by atoms with E-state index in [-0.39, 0.29) is 0 Å². The zero-order valence-electron chi connectivity index (χ0n) is 11.5. The van der Waals surface area contributed by atoms with Gasteiger partial charge in [0, 0.05) is 33.7 Å². The molecule has 0 aliphatic carbocycles. The van der Waals surface area contributed by atoms with Gasteiger partial charge in [0.05, 0.1) is 10.7 Å². The van der Waals surface area contributed by atoms with Gasteiger partial charge in [-0.2, -0.15) is 0 Å². The largest absolute Gasteiger partial charge is 0.399 e. The number of nitrogens with two attached hydrogens (primary N) is 1. The van der Waals surface area contributed by atoms with Gasteiger partial charge in [0.2, 0.25) is 0 Å². The Morgan fingerprint density at radius 3 is 2.71 bits per heavy atom. The number of anilines is 1. The van der Waals surface area contributed by atoms with Crippen LogP contribution in [0.5, 0.6) is 0 Å². The fourth-order valence-corrected chi connectivity index (χ4v) is 3.85. The summed E-state index contributed by atoms with van der Waals surface area (Å²) in [7, 11) is 0. The van der Waals surface area contributed by atoms with Crippen LogP contribution in [-0.2, 0) is 6.42 Å². The lowest BCUT2D eigenvalue weighted by molar-refractivity contribution is 1.11. The molecule has 21 heavy (non-hydrogen) atoms. The van der Waals surface area contributed by atoms with Crippen LogP contribution in [0.25, 0.3) is 11.3 Å². The zero-order valence-corrected chi connectivity index (χ0v) is 13.2. The highest BCUT2D eigenvalue weighted by atomic mass is 32.2. The van der Waals surface area contributed by atoms with E-state index in [1.54, 1.807) is 11.3 Å². The van der Waals surface area contributed by atoms with Gasteiger partial charge in [0.25, 0.3) is 0 Å². The minimum absolute atomic E-state index is 0.779. The van der Waals surface area contributed by atoms with E-state index in [1.165, 1.54) is 9.90 Å². The van der Waals surface area contributed by atoms with Gasteiger partial charge < -0.3 is 5.73 Å². The fourth-order valence-electron chi connectivity index (χ4n) is 2.03. The van der Waals surface area contributed by atoms with Crippen LogP contribution < -0.4 is 5.73 Å². The third-order valence-electron chi connectivity index (χ3n) is 3.06. The smallest absolute Gasteiger partial charge is 0.0940 e. The standard InChI is InChI=1S/C17H16N2S2/c18-14-6-4-5-13(11-14)16-12-21-17(19-16)9-10-20-15-7-2-1-3-8-15/h1-8,11-12H,9-10,18H2. The first kappa shape index (κ1) is 14.2. The highest BCUT2D eigenvalue weighted by Crippen LogP contribution is 2.25. The average molecular weight is 312 g/mol. The molecule has 106 valence electrons. The predicted molar refractivity (Wildman–Crippen MR) is 92.8 cm³/mol. The zero-order chi connectivity index (χ0) is 14.5. The molecule has 0 saturated carbocycles. The van der Waals surface area contributed by atoms with Gasteiger partial charge in [-0.1, -0.05) is 30.3 Å². The number of hydrogen-bond donors (Lipinski definition) is 1. The van der Waals surface area contributed by atoms with Crippen molar-refractivity contribution in [2.75, 3.05) is 11.5 Å². The molecule has 2 nitrogen and oxygen atoms in total. The van der Waals surface area contributed by atoms with Crippen molar-refractivity contribution in [2.24, 2.45) is 0 Å². The lowest BCUT2D eigenvalue weighted by Crippen LogP contribution is -1.89. The van der Waals surface area contributed by atoms with Gasteiger partial charge in [-0.25, -0.2) is 4.98 Å². The van der Waals surface area contributed by atoms with Crippen molar-refractivity contribution in [1.29, 1.82) is 0 Å². The first-order chi connectivity index (χ1) is 10.3. The fraction of sp³-hybridized carbons (Fsp3) is 0.118. The molecule has 1 aromatic heterocycles. The van der Waals surface area contributed by atoms with Gasteiger partial charge in [-0.3, -0.25) is 0 Å². The summed E-state index contributed by atoms with van der Waals surface area (Å²) >= 11 is 3.59. The van der Waals surface area contributed by atoms with E-state index >= 15 is 0 Å². The number of thioether (sulfide) groups is 1. The number of hydrogen-bond acceptors (Lipinski definition) is 4. The molecule has 0 unspecified atom stereocenters. The highest BCUT2D eigenvalue weighted by molar-refractivity contribution is 7.99. The Morgan fingerprint density at radius 1 is 1.05 bits per heavy atom. The maximum atomic E-state index is 5.82. The first-order valence-corrected chi connectivity index (χ1v) is 8.66. The van der Waals surface area contributed by atoms with E-state index in [1.807, 2.05) is 42.1 Å². The molecule has 1 heterocycles. The van der Waals surface area contributed by atoms with Gasteiger partial charge in [0.1, 0.15) is 0 Å². The second kappa shape index (κ2) is 6.78. The Morgan fingerprint density at radius 2 is 1.90 bits per heavy atom. The molecule has 2 aromatic carbocycles. The molecular weight excluding hydrogens is 296 g/mol. The second-order valence-corrected chi connectivity index (χ2v) is 6.77. The molecule has 0 saturated heterocycles. The lowest BCUT2D eigenvalue weighted by Gasteiger charge is -2.00. The molecular formula is C17H16N2S2. The first-order valence-electron chi connectivity index (χ1n) is 6.79. The molecule has 0 fully saturated rings. The highest BCUT2D eigenvalue weighted by Gasteiger charge is 2.05. The summed E-state index contributed by atoms with van der Waals surface area (Å²) in [4.78, 5) is 6.01. The Balaban J connectivity index is 1.60. The summed E-state index contributed by atoms with van der Waals surface area (Å²) in [6, 6.07) is 18.4. The number of benzene rings is 2. The summed E-state index contributed by atoms with van der Waals surface area (Å²) in [6.07, 6.45) is 0.993. The van der Waals surface area contributed by atoms with Crippen LogP contribution in [-0.4, -0.2) is 10.7 Å². The van der Waals surface area contributed by atoms with E-state index in [0.29, 0.717) is 0 Å². The maximum absolute atomic E-state index is 5.82. The molecule has 0 radical (unpaired) electrons. The van der Waals surface area contributed by atoms with E-state index in [9.17, 15) is 0 Å². The minimum atomic E-state index is 0.779. The summed E-state index contributed by atoms with van der Waals surface area (Å²) < 4.78 is 0. The van der Waals surface area contributed by atoms with Crippen molar-refractivity contribution < 1.29 is 0 Å². The minimum Gasteiger partial charge on any atom is -0.399 e. The van der Waals surface area contributed by atoms with Crippen LogP contribution in [0.4, 0.5) is 5.69 Å². The Kier molecular flexibility index (Phi) is 4.58. The molecule has 3 rings (SSSR count). The molecule has 0 spiro atoms. The van der Waals surface area contributed by atoms with E-state index < -0.39 is 0 Å². The number of nitrogens with zero attached hydrogens (tertiary/aromatic N) is 1. The quantitative estimate of drug-likeness (QED) is 0.547. The maximum Gasteiger partial charge on any atom is 0.0940 e. The van der Waals surface area contributed by atoms with Crippen molar-refractivity contribution in [3.63, 3.8) is 0 Å². The van der Waals surface area contributed by atoms with Crippen molar-refractivity contribution >= 4 is 28.8 Å². The molecule has 0 bridgehead atoms. The van der Waals surface area contributed by atoms with Crippen LogP contribution >= 0.6 is 23.1 Å². The van der Waals surface area contributed by atoms with Crippen LogP contribution in [0.1, 0.15) is 5.01 Å². The Labute approximate surface area is 133 Å². The summed E-state index contributed by atoms with van der Waals surface area (Å²) in [5.41, 5.74) is 8.71. The molecule has 0 aliphatic heterocycles. The SMILES string of the molecule is Nc1cccc(-c2csc(CCSc3ccccc3)n2)c1. The van der Waals surface area contributed by atoms with Crippen LogP contribution in [0.2, 0.25) is 0 Å². The van der Waals surface area contributed by atoms with Crippen molar-refractivity contribution in [1.82, 2.24) is 4.98 Å². The third kappa shape index (κ3) is 3.86. The number of nitrogen functional groups attached to an aromatic ring is 1.